The summed E-state index contributed by atoms with van der Waals surface area (Å²) < 4.78 is 104. The van der Waals surface area contributed by atoms with Crippen molar-refractivity contribution in [3.63, 3.8) is 0 Å². The second kappa shape index (κ2) is 9.25. The van der Waals surface area contributed by atoms with Gasteiger partial charge in [0.25, 0.3) is 0 Å². The molecule has 3 aromatic rings. The first kappa shape index (κ1) is 25.5. The molecule has 0 spiro atoms. The van der Waals surface area contributed by atoms with E-state index in [1.165, 1.54) is 19.1 Å². The van der Waals surface area contributed by atoms with Crippen molar-refractivity contribution in [1.82, 2.24) is 14.9 Å². The number of carbonyl (C=O) groups excluding carboxylic acids is 1. The highest BCUT2D eigenvalue weighted by Crippen LogP contribution is 2.42. The highest BCUT2D eigenvalue weighted by molar-refractivity contribution is 6.33. The molecule has 1 atom stereocenters. The van der Waals surface area contributed by atoms with Gasteiger partial charge in [0.15, 0.2) is 17.6 Å². The second-order valence-corrected chi connectivity index (χ2v) is 7.10. The van der Waals surface area contributed by atoms with Gasteiger partial charge in [-0.1, -0.05) is 22.8 Å². The van der Waals surface area contributed by atoms with Crippen molar-refractivity contribution in [2.24, 2.45) is 0 Å². The van der Waals surface area contributed by atoms with Crippen molar-refractivity contribution in [2.45, 2.75) is 31.9 Å². The summed E-state index contributed by atoms with van der Waals surface area (Å²) in [6.07, 6.45) is -13.2. The van der Waals surface area contributed by atoms with Crippen LogP contribution in [0, 0.1) is 5.82 Å². The van der Waals surface area contributed by atoms with Crippen LogP contribution >= 0.6 is 11.6 Å². The van der Waals surface area contributed by atoms with Crippen molar-refractivity contribution in [3.8, 4) is 22.6 Å². The van der Waals surface area contributed by atoms with Crippen LogP contribution < -0.4 is 0 Å². The summed E-state index contributed by atoms with van der Waals surface area (Å²) in [5.41, 5.74) is -4.58. The van der Waals surface area contributed by atoms with E-state index in [0.29, 0.717) is 6.20 Å². The monoisotopic (exact) mass is 515 g/mol. The van der Waals surface area contributed by atoms with Gasteiger partial charge in [-0.25, -0.2) is 9.18 Å². The highest BCUT2D eigenvalue weighted by Gasteiger charge is 2.45. The summed E-state index contributed by atoms with van der Waals surface area (Å²) in [5.74, 6) is -3.14. The van der Waals surface area contributed by atoms with Gasteiger partial charge in [0.05, 0.1) is 35.5 Å². The van der Waals surface area contributed by atoms with Crippen LogP contribution in [0.3, 0.4) is 0 Å². The maximum Gasteiger partial charge on any atom is 0.433 e. The third kappa shape index (κ3) is 4.87. The number of alkyl halides is 6. The minimum absolute atomic E-state index is 0.138. The van der Waals surface area contributed by atoms with Crippen LogP contribution in [-0.2, 0) is 17.5 Å². The summed E-state index contributed by atoms with van der Waals surface area (Å²) in [6.45, 7) is -0.456. The fourth-order valence-corrected chi connectivity index (χ4v) is 3.27. The number of aliphatic hydroxyl groups is 1. The Morgan fingerprint density at radius 1 is 1.26 bits per heavy atom. The number of hydrogen-bond acceptors (Lipinski definition) is 6. The number of nitrogens with zero attached hydrogens (tertiary/aromatic N) is 3. The number of rotatable bonds is 6. The number of carbonyl (C=O) groups is 1. The molecule has 3 rings (SSSR count). The lowest BCUT2D eigenvalue weighted by molar-refractivity contribution is -0.209. The zero-order chi connectivity index (χ0) is 25.4. The van der Waals surface area contributed by atoms with Crippen molar-refractivity contribution in [3.05, 3.63) is 46.5 Å². The zero-order valence-electron chi connectivity index (χ0n) is 16.8. The molecule has 0 saturated carbocycles. The molecule has 0 aliphatic heterocycles. The van der Waals surface area contributed by atoms with Gasteiger partial charge in [0, 0.05) is 0 Å². The van der Waals surface area contributed by atoms with Crippen LogP contribution in [0.2, 0.25) is 5.02 Å². The lowest BCUT2D eigenvalue weighted by Gasteiger charge is -2.17. The van der Waals surface area contributed by atoms with Crippen LogP contribution in [0.5, 0.6) is 0 Å². The molecule has 2 heterocycles. The molecular weight excluding hydrogens is 503 g/mol. The maximum absolute atomic E-state index is 14.5. The minimum atomic E-state index is -5.31. The zero-order valence-corrected chi connectivity index (χ0v) is 17.6. The Hall–Kier alpha value is -3.13. The van der Waals surface area contributed by atoms with Gasteiger partial charge in [0.2, 0.25) is 0 Å². The highest BCUT2D eigenvalue weighted by atomic mass is 35.5. The van der Waals surface area contributed by atoms with E-state index in [1.807, 2.05) is 0 Å². The van der Waals surface area contributed by atoms with Crippen molar-refractivity contribution >= 4 is 17.6 Å². The normalized spacial score (nSPS) is 13.2. The summed E-state index contributed by atoms with van der Waals surface area (Å²) >= 11 is 5.98. The first-order chi connectivity index (χ1) is 15.8. The molecular formula is C19H13ClF7N3O4. The standard InChI is InChI=1S/C19H13ClF7N3O4/c1-2-33-17(32)13-14(12-9(20)4-3-5-10(12)21)29-34-15(13)8-6-28-30(16(8)19(25,26)27)7-11(31)18(22,23)24/h3-6,11,31H,2,7H2,1H3/t11-/m1/s1. The molecule has 0 radical (unpaired) electrons. The quantitative estimate of drug-likeness (QED) is 0.362. The average molecular weight is 516 g/mol. The first-order valence-electron chi connectivity index (χ1n) is 9.26. The second-order valence-electron chi connectivity index (χ2n) is 6.70. The van der Waals surface area contributed by atoms with Crippen molar-refractivity contribution in [1.29, 1.82) is 0 Å². The average Bonchev–Trinajstić information content (AvgIpc) is 3.31. The maximum atomic E-state index is 14.5. The SMILES string of the molecule is CCOC(=O)c1c(-c2c(F)cccc2Cl)noc1-c1cnn(C[C@@H](O)C(F)(F)F)c1C(F)(F)F. The van der Waals surface area contributed by atoms with Gasteiger partial charge in [0.1, 0.15) is 17.1 Å². The molecule has 184 valence electrons. The van der Waals surface area contributed by atoms with E-state index in [9.17, 15) is 40.6 Å². The van der Waals surface area contributed by atoms with E-state index < -0.39 is 70.6 Å². The van der Waals surface area contributed by atoms with E-state index in [4.69, 9.17) is 20.9 Å². The van der Waals surface area contributed by atoms with E-state index in [1.54, 1.807) is 0 Å². The van der Waals surface area contributed by atoms with Gasteiger partial charge in [-0.15, -0.1) is 0 Å². The number of ether oxygens (including phenoxy) is 1. The van der Waals surface area contributed by atoms with E-state index >= 15 is 0 Å². The number of halogens is 8. The molecule has 15 heteroatoms. The molecule has 0 bridgehead atoms. The predicted octanol–water partition coefficient (Wildman–Crippen LogP) is 5.12. The van der Waals surface area contributed by atoms with Crippen LogP contribution in [0.15, 0.2) is 28.9 Å². The number of benzene rings is 1. The molecule has 1 aromatic carbocycles. The molecule has 1 N–H and O–H groups in total. The van der Waals surface area contributed by atoms with Gasteiger partial charge in [-0.3, -0.25) is 4.68 Å². The molecule has 0 aliphatic carbocycles. The minimum Gasteiger partial charge on any atom is -0.462 e. The van der Waals surface area contributed by atoms with Gasteiger partial charge in [-0.05, 0) is 19.1 Å². The van der Waals surface area contributed by atoms with E-state index in [0.717, 1.165) is 6.07 Å². The van der Waals surface area contributed by atoms with Crippen LogP contribution in [0.25, 0.3) is 22.6 Å². The van der Waals surface area contributed by atoms with Gasteiger partial charge < -0.3 is 14.4 Å². The third-order valence-electron chi connectivity index (χ3n) is 4.45. The number of aliphatic hydroxyl groups excluding tert-OH is 1. The number of esters is 1. The molecule has 0 amide bonds. The Bertz CT molecular complexity index is 1180. The van der Waals surface area contributed by atoms with Gasteiger partial charge >= 0.3 is 18.3 Å². The van der Waals surface area contributed by atoms with Crippen LogP contribution in [0.1, 0.15) is 23.0 Å². The summed E-state index contributed by atoms with van der Waals surface area (Å²) in [4.78, 5) is 12.6. The number of hydrogen-bond donors (Lipinski definition) is 1. The lowest BCUT2D eigenvalue weighted by atomic mass is 10.0. The smallest absolute Gasteiger partial charge is 0.433 e. The predicted molar refractivity (Wildman–Crippen MR) is 101 cm³/mol. The Morgan fingerprint density at radius 2 is 1.94 bits per heavy atom. The largest absolute Gasteiger partial charge is 0.462 e. The Kier molecular flexibility index (Phi) is 6.94. The lowest BCUT2D eigenvalue weighted by Crippen LogP contribution is -2.34. The Morgan fingerprint density at radius 3 is 2.50 bits per heavy atom. The molecule has 7 nitrogen and oxygen atoms in total. The topological polar surface area (TPSA) is 90.4 Å². The fourth-order valence-electron chi connectivity index (χ4n) is 3.02. The van der Waals surface area contributed by atoms with Crippen molar-refractivity contribution < 1.29 is 49.9 Å². The van der Waals surface area contributed by atoms with Crippen molar-refractivity contribution in [2.75, 3.05) is 6.61 Å². The molecule has 0 unspecified atom stereocenters. The molecule has 2 aromatic heterocycles. The summed E-state index contributed by atoms with van der Waals surface area (Å²) in [6, 6.07) is 3.40. The molecule has 0 fully saturated rings. The van der Waals surface area contributed by atoms with E-state index in [-0.39, 0.29) is 16.3 Å². The molecule has 0 aliphatic rings. The van der Waals surface area contributed by atoms with Crippen LogP contribution in [-0.4, -0.2) is 44.9 Å². The number of aromatic nitrogens is 3. The van der Waals surface area contributed by atoms with Crippen LogP contribution in [0.4, 0.5) is 30.7 Å². The Balaban J connectivity index is 2.26. The first-order valence-corrected chi connectivity index (χ1v) is 9.64. The van der Waals surface area contributed by atoms with E-state index in [2.05, 4.69) is 10.3 Å². The summed E-state index contributed by atoms with van der Waals surface area (Å²) in [7, 11) is 0. The summed E-state index contributed by atoms with van der Waals surface area (Å²) in [5, 5.41) is 15.7. The third-order valence-corrected chi connectivity index (χ3v) is 4.76. The Labute approximate surface area is 190 Å². The van der Waals surface area contributed by atoms with Gasteiger partial charge in [-0.2, -0.15) is 31.4 Å². The fraction of sp³-hybridized carbons (Fsp3) is 0.316. The molecule has 34 heavy (non-hydrogen) atoms. The molecule has 0 saturated heterocycles.